The van der Waals surface area contributed by atoms with Gasteiger partial charge in [0.2, 0.25) is 0 Å². The van der Waals surface area contributed by atoms with Crippen molar-refractivity contribution in [3.63, 3.8) is 0 Å². The third-order valence-electron chi connectivity index (χ3n) is 5.16. The van der Waals surface area contributed by atoms with Crippen LogP contribution < -0.4 is 0 Å². The van der Waals surface area contributed by atoms with Crippen LogP contribution in [0.3, 0.4) is 0 Å². The van der Waals surface area contributed by atoms with Crippen LogP contribution in [0, 0.1) is 5.41 Å². The summed E-state index contributed by atoms with van der Waals surface area (Å²) in [6.07, 6.45) is 5.35. The van der Waals surface area contributed by atoms with E-state index in [1.54, 1.807) is 0 Å². The van der Waals surface area contributed by atoms with E-state index in [2.05, 4.69) is 4.90 Å². The fourth-order valence-electron chi connectivity index (χ4n) is 4.15. The van der Waals surface area contributed by atoms with Gasteiger partial charge < -0.3 is 14.6 Å². The normalized spacial score (nSPS) is 35.6. The lowest BCUT2D eigenvalue weighted by molar-refractivity contribution is -0.159. The smallest absolute Gasteiger partial charge is 0.334 e. The molecule has 0 bridgehead atoms. The summed E-state index contributed by atoms with van der Waals surface area (Å²) in [6, 6.07) is 0.530. The number of hydrogen-bond acceptors (Lipinski definition) is 4. The summed E-state index contributed by atoms with van der Waals surface area (Å²) in [5.74, 6) is -0.830. The van der Waals surface area contributed by atoms with E-state index in [0.717, 1.165) is 32.6 Å². The Morgan fingerprint density at radius 2 is 2.00 bits per heavy atom. The molecule has 0 aromatic rings. The lowest BCUT2D eigenvalue weighted by Crippen LogP contribution is -2.55. The van der Waals surface area contributed by atoms with Crippen LogP contribution in [0.2, 0.25) is 0 Å². The summed E-state index contributed by atoms with van der Waals surface area (Å²) in [7, 11) is 0. The molecule has 2 saturated heterocycles. The number of rotatable bonds is 2. The van der Waals surface area contributed by atoms with Crippen molar-refractivity contribution in [1.29, 1.82) is 0 Å². The Morgan fingerprint density at radius 1 is 1.21 bits per heavy atom. The summed E-state index contributed by atoms with van der Waals surface area (Å²) in [4.78, 5) is 13.5. The highest BCUT2D eigenvalue weighted by Crippen LogP contribution is 2.48. The van der Waals surface area contributed by atoms with Gasteiger partial charge in [0.1, 0.15) is 0 Å². The predicted molar refractivity (Wildman–Crippen MR) is 69.1 cm³/mol. The van der Waals surface area contributed by atoms with E-state index in [-0.39, 0.29) is 0 Å². The summed E-state index contributed by atoms with van der Waals surface area (Å²) >= 11 is 0. The molecule has 2 unspecified atom stereocenters. The maximum atomic E-state index is 11.1. The van der Waals surface area contributed by atoms with Gasteiger partial charge in [0.15, 0.2) is 6.10 Å². The second-order valence-electron chi connectivity index (χ2n) is 6.08. The first-order chi connectivity index (χ1) is 9.21. The monoisotopic (exact) mass is 269 g/mol. The van der Waals surface area contributed by atoms with Gasteiger partial charge in [-0.15, -0.1) is 0 Å². The van der Waals surface area contributed by atoms with Crippen molar-refractivity contribution in [3.05, 3.63) is 0 Å². The van der Waals surface area contributed by atoms with Crippen LogP contribution in [0.1, 0.15) is 32.1 Å². The van der Waals surface area contributed by atoms with Gasteiger partial charge in [-0.25, -0.2) is 4.79 Å². The summed E-state index contributed by atoms with van der Waals surface area (Å²) in [5, 5.41) is 9.13. The highest BCUT2D eigenvalue weighted by molar-refractivity contribution is 5.72. The van der Waals surface area contributed by atoms with Crippen LogP contribution in [-0.2, 0) is 14.3 Å². The first kappa shape index (κ1) is 13.3. The Morgan fingerprint density at radius 3 is 2.74 bits per heavy atom. The molecule has 2 atom stereocenters. The average molecular weight is 269 g/mol. The van der Waals surface area contributed by atoms with Crippen LogP contribution in [0.25, 0.3) is 0 Å². The molecule has 2 aliphatic heterocycles. The number of carboxylic acid groups (broad SMARTS) is 1. The molecule has 3 rings (SSSR count). The van der Waals surface area contributed by atoms with Crippen molar-refractivity contribution >= 4 is 5.97 Å². The molecule has 0 aromatic heterocycles. The molecular formula is C14H23NO4. The Labute approximate surface area is 113 Å². The standard InChI is InChI=1S/C14H23NO4/c16-13(17)11-10-15(6-9-19-11)12-2-1-3-14(12)4-7-18-8-5-14/h11-12H,1-10H2,(H,16,17). The molecule has 2 heterocycles. The number of nitrogens with zero attached hydrogens (tertiary/aromatic N) is 1. The summed E-state index contributed by atoms with van der Waals surface area (Å²) in [5.41, 5.74) is 0.374. The number of ether oxygens (including phenoxy) is 2. The van der Waals surface area contributed by atoms with Gasteiger partial charge in [0.05, 0.1) is 6.61 Å². The highest BCUT2D eigenvalue weighted by atomic mass is 16.5. The number of aliphatic carboxylic acids is 1. The molecule has 19 heavy (non-hydrogen) atoms. The largest absolute Gasteiger partial charge is 0.479 e. The molecule has 3 aliphatic rings. The summed E-state index contributed by atoms with van der Waals surface area (Å²) in [6.45, 7) is 3.69. The lowest BCUT2D eigenvalue weighted by Gasteiger charge is -2.46. The van der Waals surface area contributed by atoms with Crippen molar-refractivity contribution in [2.24, 2.45) is 5.41 Å². The van der Waals surface area contributed by atoms with Crippen molar-refractivity contribution in [3.8, 4) is 0 Å². The van der Waals surface area contributed by atoms with E-state index in [9.17, 15) is 4.79 Å². The molecule has 0 aromatic carbocycles. The third kappa shape index (κ3) is 2.51. The first-order valence-corrected chi connectivity index (χ1v) is 7.37. The average Bonchev–Trinajstić information content (AvgIpc) is 2.83. The molecule has 5 heteroatoms. The van der Waals surface area contributed by atoms with Gasteiger partial charge in [-0.1, -0.05) is 6.42 Å². The van der Waals surface area contributed by atoms with Crippen molar-refractivity contribution < 1.29 is 19.4 Å². The minimum Gasteiger partial charge on any atom is -0.479 e. The zero-order valence-electron chi connectivity index (χ0n) is 11.3. The third-order valence-corrected chi connectivity index (χ3v) is 5.16. The van der Waals surface area contributed by atoms with Gasteiger partial charge in [-0.2, -0.15) is 0 Å². The molecular weight excluding hydrogens is 246 g/mol. The van der Waals surface area contributed by atoms with Gasteiger partial charge >= 0.3 is 5.97 Å². The molecule has 0 amide bonds. The highest BCUT2D eigenvalue weighted by Gasteiger charge is 2.47. The topological polar surface area (TPSA) is 59.0 Å². The van der Waals surface area contributed by atoms with E-state index < -0.39 is 12.1 Å². The quantitative estimate of drug-likeness (QED) is 0.814. The van der Waals surface area contributed by atoms with Crippen LogP contribution in [0.4, 0.5) is 0 Å². The van der Waals surface area contributed by atoms with Crippen molar-refractivity contribution in [2.75, 3.05) is 32.9 Å². The molecule has 0 radical (unpaired) electrons. The van der Waals surface area contributed by atoms with E-state index in [4.69, 9.17) is 14.6 Å². The predicted octanol–water partition coefficient (Wildman–Crippen LogP) is 1.12. The fraction of sp³-hybridized carbons (Fsp3) is 0.929. The Hall–Kier alpha value is -0.650. The van der Waals surface area contributed by atoms with Gasteiger partial charge in [0.25, 0.3) is 0 Å². The maximum absolute atomic E-state index is 11.1. The zero-order valence-corrected chi connectivity index (χ0v) is 11.3. The first-order valence-electron chi connectivity index (χ1n) is 7.37. The number of carboxylic acids is 1. The van der Waals surface area contributed by atoms with Crippen LogP contribution >= 0.6 is 0 Å². The second-order valence-corrected chi connectivity index (χ2v) is 6.08. The number of carbonyl (C=O) groups is 1. The second kappa shape index (κ2) is 5.38. The van der Waals surface area contributed by atoms with E-state index in [0.29, 0.717) is 24.6 Å². The molecule has 1 N–H and O–H groups in total. The molecule has 1 spiro atoms. The van der Waals surface area contributed by atoms with Gasteiger partial charge in [-0.3, -0.25) is 4.90 Å². The molecule has 1 aliphatic carbocycles. The molecule has 1 saturated carbocycles. The number of morpholine rings is 1. The summed E-state index contributed by atoms with van der Waals surface area (Å²) < 4.78 is 10.9. The minimum absolute atomic E-state index is 0.374. The Bertz CT molecular complexity index is 340. The van der Waals surface area contributed by atoms with E-state index in [1.165, 1.54) is 19.3 Å². The van der Waals surface area contributed by atoms with Crippen LogP contribution in [0.15, 0.2) is 0 Å². The Kier molecular flexibility index (Phi) is 3.78. The molecule has 3 fully saturated rings. The molecule has 108 valence electrons. The number of hydrogen-bond donors (Lipinski definition) is 1. The molecule has 5 nitrogen and oxygen atoms in total. The van der Waals surface area contributed by atoms with E-state index >= 15 is 0 Å². The van der Waals surface area contributed by atoms with Crippen molar-refractivity contribution in [1.82, 2.24) is 4.90 Å². The fourth-order valence-corrected chi connectivity index (χ4v) is 4.15. The zero-order chi connectivity index (χ0) is 13.3. The Balaban J connectivity index is 1.71. The minimum atomic E-state index is -0.830. The lowest BCUT2D eigenvalue weighted by atomic mass is 9.75. The van der Waals surface area contributed by atoms with Crippen LogP contribution in [-0.4, -0.2) is 61.0 Å². The SMILES string of the molecule is O=C(O)C1CN(C2CCCC23CCOCC3)CCO1. The van der Waals surface area contributed by atoms with E-state index in [1.807, 2.05) is 0 Å². The van der Waals surface area contributed by atoms with Crippen molar-refractivity contribution in [2.45, 2.75) is 44.2 Å². The van der Waals surface area contributed by atoms with Crippen LogP contribution in [0.5, 0.6) is 0 Å². The maximum Gasteiger partial charge on any atom is 0.334 e. The van der Waals surface area contributed by atoms with Gasteiger partial charge in [0, 0.05) is 32.3 Å². The van der Waals surface area contributed by atoms with Gasteiger partial charge in [-0.05, 0) is 31.1 Å².